The zero-order chi connectivity index (χ0) is 10.8. The van der Waals surface area contributed by atoms with Gasteiger partial charge in [0, 0.05) is 11.8 Å². The van der Waals surface area contributed by atoms with Crippen molar-refractivity contribution in [1.82, 2.24) is 9.55 Å². The van der Waals surface area contributed by atoms with E-state index in [4.69, 9.17) is 11.6 Å². The molecule has 4 heteroatoms. The number of phenols is 1. The van der Waals surface area contributed by atoms with Crippen LogP contribution in [0.4, 0.5) is 0 Å². The monoisotopic (exact) mass is 222 g/mol. The first-order valence-electron chi connectivity index (χ1n) is 4.58. The molecule has 0 saturated heterocycles. The number of hydrogen-bond acceptors (Lipinski definition) is 2. The summed E-state index contributed by atoms with van der Waals surface area (Å²) < 4.78 is 1.75. The standard InChI is InChI=1S/C11H11ClN2O/c1-8-2-3-11(15)9(4-8)10-5-14(6-12)7-13-10/h2-5,7,15H,6H2,1H3. The number of alkyl halides is 1. The molecular formula is C11H11ClN2O. The van der Waals surface area contributed by atoms with Crippen molar-refractivity contribution in [3.05, 3.63) is 36.3 Å². The molecule has 15 heavy (non-hydrogen) atoms. The second kappa shape index (κ2) is 3.95. The summed E-state index contributed by atoms with van der Waals surface area (Å²) in [7, 11) is 0. The molecule has 0 bridgehead atoms. The van der Waals surface area contributed by atoms with Crippen LogP contribution in [-0.2, 0) is 6.00 Å². The van der Waals surface area contributed by atoms with Gasteiger partial charge in [-0.05, 0) is 19.1 Å². The molecule has 1 heterocycles. The zero-order valence-electron chi connectivity index (χ0n) is 8.31. The molecule has 0 spiro atoms. The smallest absolute Gasteiger partial charge is 0.125 e. The molecule has 0 radical (unpaired) electrons. The van der Waals surface area contributed by atoms with E-state index >= 15 is 0 Å². The van der Waals surface area contributed by atoms with E-state index in [1.54, 1.807) is 17.0 Å². The SMILES string of the molecule is Cc1ccc(O)c(-c2cn(CCl)cn2)c1. The van der Waals surface area contributed by atoms with Crippen molar-refractivity contribution in [2.45, 2.75) is 12.9 Å². The van der Waals surface area contributed by atoms with E-state index in [-0.39, 0.29) is 5.75 Å². The summed E-state index contributed by atoms with van der Waals surface area (Å²) in [5, 5.41) is 9.69. The molecule has 0 atom stereocenters. The van der Waals surface area contributed by atoms with Crippen LogP contribution in [0.1, 0.15) is 5.56 Å². The number of aryl methyl sites for hydroxylation is 1. The maximum Gasteiger partial charge on any atom is 0.125 e. The van der Waals surface area contributed by atoms with Crippen LogP contribution >= 0.6 is 11.6 Å². The van der Waals surface area contributed by atoms with Gasteiger partial charge in [0.15, 0.2) is 0 Å². The average molecular weight is 223 g/mol. The Balaban J connectivity index is 2.48. The van der Waals surface area contributed by atoms with E-state index in [2.05, 4.69) is 4.98 Å². The first-order valence-corrected chi connectivity index (χ1v) is 5.12. The molecule has 2 aromatic rings. The lowest BCUT2D eigenvalue weighted by Gasteiger charge is -2.02. The second-order valence-electron chi connectivity index (χ2n) is 3.41. The highest BCUT2D eigenvalue weighted by molar-refractivity contribution is 6.15. The summed E-state index contributed by atoms with van der Waals surface area (Å²) in [6.45, 7) is 1.97. The highest BCUT2D eigenvalue weighted by Crippen LogP contribution is 2.28. The third-order valence-electron chi connectivity index (χ3n) is 2.20. The van der Waals surface area contributed by atoms with Crippen molar-refractivity contribution in [1.29, 1.82) is 0 Å². The van der Waals surface area contributed by atoms with Crippen LogP contribution in [0.5, 0.6) is 5.75 Å². The lowest BCUT2D eigenvalue weighted by Crippen LogP contribution is -1.84. The predicted octanol–water partition coefficient (Wildman–Crippen LogP) is 2.76. The topological polar surface area (TPSA) is 38.0 Å². The van der Waals surface area contributed by atoms with Crippen LogP contribution in [0.2, 0.25) is 0 Å². The van der Waals surface area contributed by atoms with E-state index in [0.29, 0.717) is 6.00 Å². The number of aromatic nitrogens is 2. The summed E-state index contributed by atoms with van der Waals surface area (Å²) in [5.41, 5.74) is 2.55. The van der Waals surface area contributed by atoms with E-state index in [1.807, 2.05) is 25.3 Å². The van der Waals surface area contributed by atoms with Gasteiger partial charge in [-0.25, -0.2) is 4.98 Å². The van der Waals surface area contributed by atoms with Gasteiger partial charge in [0.25, 0.3) is 0 Å². The molecule has 0 saturated carbocycles. The summed E-state index contributed by atoms with van der Waals surface area (Å²) in [6, 6.07) is 5.79. The maximum absolute atomic E-state index is 9.69. The van der Waals surface area contributed by atoms with E-state index in [0.717, 1.165) is 16.8 Å². The normalized spacial score (nSPS) is 10.5. The highest BCUT2D eigenvalue weighted by atomic mass is 35.5. The highest BCUT2D eigenvalue weighted by Gasteiger charge is 2.07. The van der Waals surface area contributed by atoms with Crippen LogP contribution in [0.3, 0.4) is 0 Å². The Kier molecular flexibility index (Phi) is 2.64. The number of halogens is 1. The fourth-order valence-corrected chi connectivity index (χ4v) is 1.55. The van der Waals surface area contributed by atoms with Crippen LogP contribution in [0.15, 0.2) is 30.7 Å². The van der Waals surface area contributed by atoms with Crippen LogP contribution < -0.4 is 0 Å². The summed E-state index contributed by atoms with van der Waals surface area (Å²) in [4.78, 5) is 4.18. The van der Waals surface area contributed by atoms with Gasteiger partial charge in [0.2, 0.25) is 0 Å². The third kappa shape index (κ3) is 1.97. The molecular weight excluding hydrogens is 212 g/mol. The van der Waals surface area contributed by atoms with Crippen molar-refractivity contribution in [2.24, 2.45) is 0 Å². The number of benzene rings is 1. The Bertz CT molecular complexity index is 479. The van der Waals surface area contributed by atoms with Gasteiger partial charge in [-0.2, -0.15) is 0 Å². The van der Waals surface area contributed by atoms with Crippen LogP contribution in [0, 0.1) is 6.92 Å². The third-order valence-corrected chi connectivity index (χ3v) is 2.48. The lowest BCUT2D eigenvalue weighted by molar-refractivity contribution is 0.477. The van der Waals surface area contributed by atoms with Gasteiger partial charge >= 0.3 is 0 Å². The predicted molar refractivity (Wildman–Crippen MR) is 59.9 cm³/mol. The molecule has 3 nitrogen and oxygen atoms in total. The molecule has 0 aliphatic carbocycles. The van der Waals surface area contributed by atoms with E-state index in [1.165, 1.54) is 0 Å². The number of hydrogen-bond donors (Lipinski definition) is 1. The molecule has 0 amide bonds. The number of nitrogens with zero attached hydrogens (tertiary/aromatic N) is 2. The summed E-state index contributed by atoms with van der Waals surface area (Å²) in [5.74, 6) is 0.237. The molecule has 0 aliphatic heterocycles. The van der Waals surface area contributed by atoms with Crippen molar-refractivity contribution in [3.63, 3.8) is 0 Å². The van der Waals surface area contributed by atoms with Gasteiger partial charge in [0.05, 0.1) is 18.0 Å². The second-order valence-corrected chi connectivity index (χ2v) is 3.65. The molecule has 2 rings (SSSR count). The van der Waals surface area contributed by atoms with E-state index in [9.17, 15) is 5.11 Å². The molecule has 1 aromatic heterocycles. The Labute approximate surface area is 93.0 Å². The van der Waals surface area contributed by atoms with Crippen LogP contribution in [0.25, 0.3) is 11.3 Å². The molecule has 0 fully saturated rings. The van der Waals surface area contributed by atoms with Gasteiger partial charge in [-0.15, -0.1) is 11.6 Å². The quantitative estimate of drug-likeness (QED) is 0.794. The molecule has 0 aliphatic rings. The van der Waals surface area contributed by atoms with Gasteiger partial charge in [-0.3, -0.25) is 0 Å². The fourth-order valence-electron chi connectivity index (χ4n) is 1.42. The van der Waals surface area contributed by atoms with E-state index < -0.39 is 0 Å². The van der Waals surface area contributed by atoms with Crippen molar-refractivity contribution in [2.75, 3.05) is 0 Å². The van der Waals surface area contributed by atoms with Gasteiger partial charge < -0.3 is 9.67 Å². The minimum absolute atomic E-state index is 0.237. The average Bonchev–Trinajstić information content (AvgIpc) is 2.70. The number of rotatable bonds is 2. The first kappa shape index (κ1) is 10.1. The van der Waals surface area contributed by atoms with Crippen LogP contribution in [-0.4, -0.2) is 14.7 Å². The Morgan fingerprint density at radius 1 is 1.47 bits per heavy atom. The van der Waals surface area contributed by atoms with Crippen molar-refractivity contribution >= 4 is 11.6 Å². The lowest BCUT2D eigenvalue weighted by atomic mass is 10.1. The maximum atomic E-state index is 9.69. The summed E-state index contributed by atoms with van der Waals surface area (Å²) in [6.07, 6.45) is 3.45. The minimum atomic E-state index is 0.237. The molecule has 78 valence electrons. The first-order chi connectivity index (χ1) is 7.20. The molecule has 1 N–H and O–H groups in total. The van der Waals surface area contributed by atoms with Crippen molar-refractivity contribution in [3.8, 4) is 17.0 Å². The number of phenolic OH excluding ortho intramolecular Hbond substituents is 1. The largest absolute Gasteiger partial charge is 0.507 e. The zero-order valence-corrected chi connectivity index (χ0v) is 9.07. The number of aromatic hydroxyl groups is 1. The number of imidazole rings is 1. The van der Waals surface area contributed by atoms with Gasteiger partial charge in [-0.1, -0.05) is 11.6 Å². The van der Waals surface area contributed by atoms with Gasteiger partial charge in [0.1, 0.15) is 5.75 Å². The molecule has 0 unspecified atom stereocenters. The fraction of sp³-hybridized carbons (Fsp3) is 0.182. The Morgan fingerprint density at radius 2 is 2.27 bits per heavy atom. The Morgan fingerprint density at radius 3 is 2.93 bits per heavy atom. The molecule has 1 aromatic carbocycles. The minimum Gasteiger partial charge on any atom is -0.507 e. The Hall–Kier alpha value is -1.48. The van der Waals surface area contributed by atoms with Crippen molar-refractivity contribution < 1.29 is 5.11 Å². The summed E-state index contributed by atoms with van der Waals surface area (Å²) >= 11 is 5.66.